The fourth-order valence-electron chi connectivity index (χ4n) is 0.618. The van der Waals surface area contributed by atoms with E-state index in [2.05, 4.69) is 4.98 Å². The molecule has 2 nitrogen and oxygen atoms in total. The van der Waals surface area contributed by atoms with Gasteiger partial charge in [0.25, 0.3) is 5.66 Å². The van der Waals surface area contributed by atoms with Gasteiger partial charge in [-0.25, -0.2) is 0 Å². The molecule has 0 amide bonds. The fourth-order valence-corrected chi connectivity index (χ4v) is 0.797. The predicted octanol–water partition coefficient (Wildman–Crippen LogP) is 1.30. The van der Waals surface area contributed by atoms with Crippen molar-refractivity contribution >= 4 is 9.24 Å². The fraction of sp³-hybridized carbons (Fsp3) is 0.167. The number of H-pyrrole nitrogens is 1. The van der Waals surface area contributed by atoms with Crippen LogP contribution in [0.15, 0.2) is 23.1 Å². The molecule has 1 N–H and O–H groups in total. The maximum atomic E-state index is 12.4. The second-order valence-corrected chi connectivity index (χ2v) is 2.79. The first-order valence-electron chi connectivity index (χ1n) is 2.86. The van der Waals surface area contributed by atoms with Crippen LogP contribution in [-0.4, -0.2) is 4.98 Å². The molecule has 0 spiro atoms. The molecule has 60 valence electrons. The lowest BCUT2D eigenvalue weighted by molar-refractivity contribution is 0.103. The summed E-state index contributed by atoms with van der Waals surface area (Å²) in [6.45, 7) is 0. The molecule has 0 aliphatic rings. The second kappa shape index (κ2) is 2.70. The zero-order chi connectivity index (χ0) is 8.48. The van der Waals surface area contributed by atoms with Gasteiger partial charge in [-0.05, 0) is 6.07 Å². The molecule has 1 heterocycles. The summed E-state index contributed by atoms with van der Waals surface area (Å²) in [6.07, 6.45) is 0.995. The zero-order valence-electron chi connectivity index (χ0n) is 5.47. The van der Waals surface area contributed by atoms with E-state index in [-0.39, 0.29) is 11.1 Å². The van der Waals surface area contributed by atoms with E-state index in [1.54, 1.807) is 0 Å². The molecule has 1 rings (SSSR count). The lowest BCUT2D eigenvalue weighted by Gasteiger charge is -2.08. The van der Waals surface area contributed by atoms with E-state index in [4.69, 9.17) is 0 Å². The van der Waals surface area contributed by atoms with Crippen molar-refractivity contribution in [2.24, 2.45) is 0 Å². The highest BCUT2D eigenvalue weighted by molar-refractivity contribution is 7.17. The molecule has 5 heteroatoms. The molecule has 1 unspecified atom stereocenters. The summed E-state index contributed by atoms with van der Waals surface area (Å²) in [5.41, 5.74) is -3.57. The molecule has 0 saturated carbocycles. The largest absolute Gasteiger partial charge is 0.329 e. The first-order valence-corrected chi connectivity index (χ1v) is 3.44. The van der Waals surface area contributed by atoms with Crippen LogP contribution in [0.5, 0.6) is 0 Å². The van der Waals surface area contributed by atoms with Crippen molar-refractivity contribution in [2.45, 2.75) is 5.66 Å². The average Bonchev–Trinajstić information content (AvgIpc) is 1.86. The van der Waals surface area contributed by atoms with Crippen LogP contribution in [0.4, 0.5) is 8.78 Å². The topological polar surface area (TPSA) is 32.9 Å². The molecule has 1 aromatic heterocycles. The smallest absolute Gasteiger partial charge is 0.285 e. The van der Waals surface area contributed by atoms with Gasteiger partial charge in [-0.3, -0.25) is 4.79 Å². The third kappa shape index (κ3) is 2.09. The molecular weight excluding hydrogens is 171 g/mol. The van der Waals surface area contributed by atoms with Crippen molar-refractivity contribution in [3.8, 4) is 0 Å². The van der Waals surface area contributed by atoms with Crippen LogP contribution in [0.25, 0.3) is 0 Å². The Morgan fingerprint density at radius 2 is 2.09 bits per heavy atom. The number of nitrogens with one attached hydrogen (secondary N) is 1. The normalized spacial score (nSPS) is 11.5. The summed E-state index contributed by atoms with van der Waals surface area (Å²) in [6, 6.07) is 2.15. The van der Waals surface area contributed by atoms with Crippen molar-refractivity contribution in [3.05, 3.63) is 34.2 Å². The molecule has 0 aromatic carbocycles. The number of aromatic nitrogens is 1. The standard InChI is InChI=1S/C6H6F2NOP/c7-6(8,11)4-1-2-5(10)9-3-4/h1-3H,11H2,(H,9,10). The summed E-state index contributed by atoms with van der Waals surface area (Å²) in [5.74, 6) is 0. The van der Waals surface area contributed by atoms with Crippen molar-refractivity contribution in [1.29, 1.82) is 0 Å². The number of alkyl halides is 2. The van der Waals surface area contributed by atoms with Crippen molar-refractivity contribution in [1.82, 2.24) is 4.98 Å². The van der Waals surface area contributed by atoms with E-state index in [0.717, 1.165) is 18.3 Å². The average molecular weight is 177 g/mol. The van der Waals surface area contributed by atoms with E-state index in [1.165, 1.54) is 9.24 Å². The molecule has 0 bridgehead atoms. The molecule has 1 aromatic rings. The minimum atomic E-state index is -2.97. The summed E-state index contributed by atoms with van der Waals surface area (Å²) >= 11 is 0. The van der Waals surface area contributed by atoms with Crippen molar-refractivity contribution in [2.75, 3.05) is 0 Å². The van der Waals surface area contributed by atoms with Crippen LogP contribution in [0.1, 0.15) is 5.56 Å². The predicted molar refractivity (Wildman–Crippen MR) is 40.7 cm³/mol. The van der Waals surface area contributed by atoms with Gasteiger partial charge < -0.3 is 4.98 Å². The highest BCUT2D eigenvalue weighted by Crippen LogP contribution is 2.33. The van der Waals surface area contributed by atoms with Gasteiger partial charge in [0.15, 0.2) is 0 Å². The van der Waals surface area contributed by atoms with Gasteiger partial charge in [0.2, 0.25) is 5.56 Å². The first-order chi connectivity index (χ1) is 5.00. The number of hydrogen-bond donors (Lipinski definition) is 1. The van der Waals surface area contributed by atoms with E-state index in [0.29, 0.717) is 0 Å². The van der Waals surface area contributed by atoms with Gasteiger partial charge in [0.1, 0.15) is 0 Å². The Morgan fingerprint density at radius 3 is 2.45 bits per heavy atom. The Balaban J connectivity index is 3.09. The van der Waals surface area contributed by atoms with Gasteiger partial charge in [-0.1, -0.05) is 9.24 Å². The van der Waals surface area contributed by atoms with Crippen LogP contribution >= 0.6 is 9.24 Å². The lowest BCUT2D eigenvalue weighted by Crippen LogP contribution is -2.08. The second-order valence-electron chi connectivity index (χ2n) is 2.06. The number of halogens is 2. The van der Waals surface area contributed by atoms with E-state index in [1.807, 2.05) is 0 Å². The van der Waals surface area contributed by atoms with Crippen LogP contribution in [0.3, 0.4) is 0 Å². The maximum Gasteiger partial charge on any atom is 0.285 e. The van der Waals surface area contributed by atoms with E-state index < -0.39 is 5.66 Å². The molecule has 0 radical (unpaired) electrons. The molecule has 0 aliphatic heterocycles. The SMILES string of the molecule is O=c1ccc(C(F)(F)P)c[nH]1. The molecule has 0 aliphatic carbocycles. The van der Waals surface area contributed by atoms with Crippen LogP contribution in [-0.2, 0) is 5.66 Å². The maximum absolute atomic E-state index is 12.4. The summed E-state index contributed by atoms with van der Waals surface area (Å²) in [4.78, 5) is 12.6. The molecule has 11 heavy (non-hydrogen) atoms. The third-order valence-electron chi connectivity index (χ3n) is 1.17. The number of rotatable bonds is 1. The first kappa shape index (κ1) is 8.34. The van der Waals surface area contributed by atoms with Gasteiger partial charge in [0, 0.05) is 17.8 Å². The Hall–Kier alpha value is -0.760. The summed E-state index contributed by atoms with van der Waals surface area (Å²) in [7, 11) is 1.39. The molecule has 0 fully saturated rings. The summed E-state index contributed by atoms with van der Waals surface area (Å²) < 4.78 is 24.9. The van der Waals surface area contributed by atoms with Crippen LogP contribution < -0.4 is 5.56 Å². The third-order valence-corrected chi connectivity index (χ3v) is 1.50. The van der Waals surface area contributed by atoms with Crippen molar-refractivity contribution < 1.29 is 8.78 Å². The van der Waals surface area contributed by atoms with Gasteiger partial charge >= 0.3 is 0 Å². The van der Waals surface area contributed by atoms with Gasteiger partial charge in [0.05, 0.1) is 0 Å². The number of aromatic amines is 1. The van der Waals surface area contributed by atoms with E-state index >= 15 is 0 Å². The quantitative estimate of drug-likeness (QED) is 0.644. The zero-order valence-corrected chi connectivity index (χ0v) is 6.63. The van der Waals surface area contributed by atoms with Gasteiger partial charge in [-0.2, -0.15) is 8.78 Å². The summed E-state index contributed by atoms with van der Waals surface area (Å²) in [5, 5.41) is 0. The number of hydrogen-bond acceptors (Lipinski definition) is 1. The Labute approximate surface area is 63.8 Å². The van der Waals surface area contributed by atoms with Gasteiger partial charge in [-0.15, -0.1) is 0 Å². The van der Waals surface area contributed by atoms with E-state index in [9.17, 15) is 13.6 Å². The lowest BCUT2D eigenvalue weighted by atomic mass is 10.3. The Kier molecular flexibility index (Phi) is 2.05. The monoisotopic (exact) mass is 177 g/mol. The minimum Gasteiger partial charge on any atom is -0.329 e. The van der Waals surface area contributed by atoms with Crippen LogP contribution in [0, 0.1) is 0 Å². The molecular formula is C6H6F2NOP. The molecule has 0 saturated heterocycles. The molecule has 1 atom stereocenters. The van der Waals surface area contributed by atoms with Crippen LogP contribution in [0.2, 0.25) is 0 Å². The highest BCUT2D eigenvalue weighted by Gasteiger charge is 2.23. The van der Waals surface area contributed by atoms with Crippen molar-refractivity contribution in [3.63, 3.8) is 0 Å². The highest BCUT2D eigenvalue weighted by atomic mass is 31.0. The number of pyridine rings is 1. The Bertz CT molecular complexity index is 284. The Morgan fingerprint density at radius 1 is 1.45 bits per heavy atom. The minimum absolute atomic E-state index is 0.220.